The zero-order valence-electron chi connectivity index (χ0n) is 11.8. The van der Waals surface area contributed by atoms with E-state index in [-0.39, 0.29) is 0 Å². The number of benzene rings is 2. The molecule has 0 aliphatic rings. The Labute approximate surface area is 117 Å². The van der Waals surface area contributed by atoms with E-state index in [1.54, 1.807) is 7.11 Å². The maximum Gasteiger partial charge on any atom is 0.0992 e. The molecule has 0 saturated carbocycles. The molecule has 19 heavy (non-hydrogen) atoms. The van der Waals surface area contributed by atoms with Gasteiger partial charge in [0.25, 0.3) is 0 Å². The molecule has 2 aromatic rings. The van der Waals surface area contributed by atoms with Gasteiger partial charge < -0.3 is 4.74 Å². The van der Waals surface area contributed by atoms with Crippen LogP contribution in [0.5, 0.6) is 0 Å². The first-order valence-corrected chi connectivity index (χ1v) is 8.96. The van der Waals surface area contributed by atoms with Crippen LogP contribution in [0, 0.1) is 0 Å². The van der Waals surface area contributed by atoms with Crippen molar-refractivity contribution < 1.29 is 4.74 Å². The molecular weight excluding hydrogens is 251 g/mol. The Balaban J connectivity index is 2.48. The van der Waals surface area contributed by atoms with Gasteiger partial charge in [-0.25, -0.2) is 0 Å². The Bertz CT molecular complexity index is 442. The summed E-state index contributed by atoms with van der Waals surface area (Å²) < 4.78 is 5.37. The van der Waals surface area contributed by atoms with Crippen molar-refractivity contribution in [2.24, 2.45) is 0 Å². The van der Waals surface area contributed by atoms with Crippen molar-refractivity contribution in [1.82, 2.24) is 0 Å². The lowest BCUT2D eigenvalue weighted by Crippen LogP contribution is -2.28. The topological polar surface area (TPSA) is 9.23 Å². The Kier molecular flexibility index (Phi) is 5.13. The summed E-state index contributed by atoms with van der Waals surface area (Å²) in [6, 6.07) is 21.9. The van der Waals surface area contributed by atoms with Crippen molar-refractivity contribution in [2.75, 3.05) is 26.0 Å². The van der Waals surface area contributed by atoms with Crippen LogP contribution in [0.4, 0.5) is 0 Å². The molecule has 2 rings (SSSR count). The van der Waals surface area contributed by atoms with Gasteiger partial charge in [-0.3, -0.25) is 0 Å². The summed E-state index contributed by atoms with van der Waals surface area (Å²) in [6.45, 7) is 3.13. The molecule has 0 saturated heterocycles. The van der Waals surface area contributed by atoms with Gasteiger partial charge in [-0.2, -0.15) is 0 Å². The minimum absolute atomic E-state index is 0.825. The van der Waals surface area contributed by atoms with Gasteiger partial charge in [-0.05, 0) is 31.2 Å². The zero-order chi connectivity index (χ0) is 13.6. The molecule has 0 spiro atoms. The van der Waals surface area contributed by atoms with E-state index in [9.17, 15) is 0 Å². The fourth-order valence-corrected chi connectivity index (χ4v) is 6.45. The van der Waals surface area contributed by atoms with Crippen LogP contribution in [0.3, 0.4) is 0 Å². The molecule has 0 aliphatic heterocycles. The van der Waals surface area contributed by atoms with Gasteiger partial charge >= 0.3 is 0 Å². The molecule has 0 N–H and O–H groups in total. The summed E-state index contributed by atoms with van der Waals surface area (Å²) in [5, 5.41) is 2.97. The SMILES string of the molecule is CC[P+](CCOC)(c1ccccc1)c1ccccc1. The van der Waals surface area contributed by atoms with Crippen LogP contribution < -0.4 is 10.6 Å². The first-order chi connectivity index (χ1) is 9.33. The molecule has 0 amide bonds. The maximum atomic E-state index is 5.37. The van der Waals surface area contributed by atoms with Gasteiger partial charge in [0.2, 0.25) is 0 Å². The number of hydrogen-bond acceptors (Lipinski definition) is 1. The third-order valence-electron chi connectivity index (χ3n) is 3.72. The Morgan fingerprint density at radius 2 is 1.32 bits per heavy atom. The Morgan fingerprint density at radius 3 is 1.68 bits per heavy atom. The summed E-state index contributed by atoms with van der Waals surface area (Å²) in [6.07, 6.45) is 2.30. The van der Waals surface area contributed by atoms with Crippen LogP contribution in [-0.2, 0) is 4.74 Å². The zero-order valence-corrected chi connectivity index (χ0v) is 12.6. The number of rotatable bonds is 6. The van der Waals surface area contributed by atoms with Crippen LogP contribution in [0.1, 0.15) is 6.92 Å². The van der Waals surface area contributed by atoms with E-state index < -0.39 is 7.26 Å². The van der Waals surface area contributed by atoms with E-state index in [1.165, 1.54) is 16.8 Å². The summed E-state index contributed by atoms with van der Waals surface area (Å²) in [7, 11) is 0.469. The second-order valence-electron chi connectivity index (χ2n) is 4.67. The van der Waals surface area contributed by atoms with Gasteiger partial charge in [0.1, 0.15) is 0 Å². The van der Waals surface area contributed by atoms with Crippen molar-refractivity contribution in [3.8, 4) is 0 Å². The van der Waals surface area contributed by atoms with Crippen molar-refractivity contribution in [3.05, 3.63) is 60.7 Å². The van der Waals surface area contributed by atoms with E-state index in [0.29, 0.717) is 0 Å². The van der Waals surface area contributed by atoms with Crippen LogP contribution in [0.2, 0.25) is 0 Å². The van der Waals surface area contributed by atoms with Gasteiger partial charge in [0.15, 0.2) is 0 Å². The third-order valence-corrected chi connectivity index (χ3v) is 8.32. The average Bonchev–Trinajstić information content (AvgIpc) is 2.51. The molecule has 2 aromatic carbocycles. The highest BCUT2D eigenvalue weighted by atomic mass is 31.2. The fourth-order valence-electron chi connectivity index (χ4n) is 2.60. The second-order valence-corrected chi connectivity index (χ2v) is 8.72. The molecule has 0 bridgehead atoms. The summed E-state index contributed by atoms with van der Waals surface area (Å²) in [5.74, 6) is 0. The third kappa shape index (κ3) is 3.05. The molecule has 0 fully saturated rings. The number of hydrogen-bond donors (Lipinski definition) is 0. The lowest BCUT2D eigenvalue weighted by atomic mass is 10.4. The molecule has 100 valence electrons. The summed E-state index contributed by atoms with van der Waals surface area (Å²) in [5.41, 5.74) is 0. The minimum atomic E-state index is -1.32. The van der Waals surface area contributed by atoms with E-state index in [2.05, 4.69) is 67.6 Å². The van der Waals surface area contributed by atoms with Crippen molar-refractivity contribution in [3.63, 3.8) is 0 Å². The van der Waals surface area contributed by atoms with E-state index in [1.807, 2.05) is 0 Å². The first-order valence-electron chi connectivity index (χ1n) is 6.81. The average molecular weight is 273 g/mol. The highest BCUT2D eigenvalue weighted by Crippen LogP contribution is 2.55. The van der Waals surface area contributed by atoms with Crippen molar-refractivity contribution in [1.29, 1.82) is 0 Å². The highest BCUT2D eigenvalue weighted by molar-refractivity contribution is 7.89. The molecular formula is C17H22OP+. The van der Waals surface area contributed by atoms with Gasteiger partial charge in [-0.1, -0.05) is 36.4 Å². The second kappa shape index (κ2) is 6.84. The molecule has 2 heteroatoms. The minimum Gasteiger partial charge on any atom is -0.381 e. The van der Waals surface area contributed by atoms with Gasteiger partial charge in [0, 0.05) is 7.11 Å². The maximum absolute atomic E-state index is 5.37. The molecule has 1 nitrogen and oxygen atoms in total. The summed E-state index contributed by atoms with van der Waals surface area (Å²) >= 11 is 0. The lowest BCUT2D eigenvalue weighted by molar-refractivity contribution is 0.218. The highest BCUT2D eigenvalue weighted by Gasteiger charge is 2.40. The first kappa shape index (κ1) is 14.2. The van der Waals surface area contributed by atoms with Crippen LogP contribution in [0.25, 0.3) is 0 Å². The van der Waals surface area contributed by atoms with E-state index >= 15 is 0 Å². The van der Waals surface area contributed by atoms with Gasteiger partial charge in [-0.15, -0.1) is 0 Å². The predicted octanol–water partition coefficient (Wildman–Crippen LogP) is 3.32. The van der Waals surface area contributed by atoms with Gasteiger partial charge in [0.05, 0.1) is 36.8 Å². The van der Waals surface area contributed by atoms with Crippen molar-refractivity contribution >= 4 is 17.9 Å². The van der Waals surface area contributed by atoms with Crippen LogP contribution >= 0.6 is 7.26 Å². The largest absolute Gasteiger partial charge is 0.381 e. The molecule has 0 radical (unpaired) electrons. The lowest BCUT2D eigenvalue weighted by Gasteiger charge is -2.26. The fraction of sp³-hybridized carbons (Fsp3) is 0.294. The predicted molar refractivity (Wildman–Crippen MR) is 86.4 cm³/mol. The molecule has 0 aromatic heterocycles. The molecule has 0 heterocycles. The summed E-state index contributed by atoms with van der Waals surface area (Å²) in [4.78, 5) is 0. The van der Waals surface area contributed by atoms with Crippen molar-refractivity contribution in [2.45, 2.75) is 6.92 Å². The molecule has 0 aliphatic carbocycles. The quantitative estimate of drug-likeness (QED) is 0.734. The van der Waals surface area contributed by atoms with Crippen LogP contribution in [0.15, 0.2) is 60.7 Å². The standard InChI is InChI=1S/C17H22OP/c1-3-19(15-14-18-2,16-10-6-4-7-11-16)17-12-8-5-9-13-17/h4-13H,3,14-15H2,1-2H3/q+1. The normalized spacial score (nSPS) is 11.5. The smallest absolute Gasteiger partial charge is 0.0992 e. The number of ether oxygens (including phenoxy) is 1. The molecule has 0 unspecified atom stereocenters. The monoisotopic (exact) mass is 273 g/mol. The number of methoxy groups -OCH3 is 1. The Morgan fingerprint density at radius 1 is 0.842 bits per heavy atom. The van der Waals surface area contributed by atoms with E-state index in [4.69, 9.17) is 4.74 Å². The molecule has 0 atom stereocenters. The Hall–Kier alpha value is -1.17. The van der Waals surface area contributed by atoms with Crippen LogP contribution in [-0.4, -0.2) is 26.0 Å². The van der Waals surface area contributed by atoms with E-state index in [0.717, 1.165) is 12.8 Å².